The Morgan fingerprint density at radius 1 is 1.26 bits per heavy atom. The average molecular weight is 323 g/mol. The molecule has 3 rings (SSSR count). The minimum atomic E-state index is -0.905. The van der Waals surface area contributed by atoms with Crippen LogP contribution in [0.4, 0.5) is 8.78 Å². The monoisotopic (exact) mass is 323 g/mol. The summed E-state index contributed by atoms with van der Waals surface area (Å²) in [5.41, 5.74) is 0.239. The lowest BCUT2D eigenvalue weighted by atomic mass is 9.90. The molecule has 1 aromatic carbocycles. The highest BCUT2D eigenvalue weighted by Crippen LogP contribution is 2.50. The van der Waals surface area contributed by atoms with E-state index in [1.807, 2.05) is 0 Å². The number of hydrogen-bond acceptors (Lipinski definition) is 2. The van der Waals surface area contributed by atoms with Gasteiger partial charge in [-0.05, 0) is 43.7 Å². The molecule has 0 radical (unpaired) electrons. The minimum Gasteiger partial charge on any atom is -0.481 e. The predicted octanol–water partition coefficient (Wildman–Crippen LogP) is 2.78. The Balaban J connectivity index is 1.73. The molecular formula is C17H19F2NO3. The lowest BCUT2D eigenvalue weighted by Gasteiger charge is -2.37. The van der Waals surface area contributed by atoms with Gasteiger partial charge in [0, 0.05) is 18.5 Å². The van der Waals surface area contributed by atoms with Crippen LogP contribution in [0.5, 0.6) is 0 Å². The number of carbonyl (C=O) groups is 2. The second-order valence-electron chi connectivity index (χ2n) is 6.45. The first kappa shape index (κ1) is 15.9. The summed E-state index contributed by atoms with van der Waals surface area (Å²) in [4.78, 5) is 25.5. The van der Waals surface area contributed by atoms with E-state index in [0.717, 1.165) is 6.07 Å². The second kappa shape index (κ2) is 5.91. The van der Waals surface area contributed by atoms with E-state index in [0.29, 0.717) is 25.8 Å². The molecular weight excluding hydrogens is 304 g/mol. The number of piperidine rings is 1. The molecule has 4 nitrogen and oxygen atoms in total. The molecule has 0 bridgehead atoms. The van der Waals surface area contributed by atoms with Crippen LogP contribution in [0.2, 0.25) is 0 Å². The number of carbonyl (C=O) groups excluding carboxylic acids is 1. The van der Waals surface area contributed by atoms with Gasteiger partial charge in [-0.1, -0.05) is 12.1 Å². The maximum atomic E-state index is 13.8. The summed E-state index contributed by atoms with van der Waals surface area (Å²) in [6.45, 7) is 2.27. The molecule has 1 aliphatic carbocycles. The summed E-state index contributed by atoms with van der Waals surface area (Å²) < 4.78 is 27.2. The number of nitrogens with zero attached hydrogens (tertiary/aromatic N) is 1. The van der Waals surface area contributed by atoms with Crippen molar-refractivity contribution in [3.8, 4) is 0 Å². The van der Waals surface area contributed by atoms with Gasteiger partial charge in [-0.3, -0.25) is 9.59 Å². The lowest BCUT2D eigenvalue weighted by molar-refractivity contribution is -0.149. The molecule has 4 atom stereocenters. The van der Waals surface area contributed by atoms with Crippen molar-refractivity contribution in [2.45, 2.75) is 38.1 Å². The topological polar surface area (TPSA) is 57.6 Å². The molecule has 2 aliphatic rings. The van der Waals surface area contributed by atoms with E-state index < -0.39 is 23.5 Å². The first-order valence-electron chi connectivity index (χ1n) is 7.89. The van der Waals surface area contributed by atoms with E-state index in [-0.39, 0.29) is 29.3 Å². The maximum Gasteiger partial charge on any atom is 0.308 e. The van der Waals surface area contributed by atoms with Gasteiger partial charge >= 0.3 is 5.97 Å². The van der Waals surface area contributed by atoms with Gasteiger partial charge in [-0.15, -0.1) is 0 Å². The molecule has 1 amide bonds. The first-order chi connectivity index (χ1) is 10.9. The molecule has 1 N–H and O–H groups in total. The summed E-state index contributed by atoms with van der Waals surface area (Å²) in [5, 5.41) is 9.23. The fraction of sp³-hybridized carbons (Fsp3) is 0.529. The predicted molar refractivity (Wildman–Crippen MR) is 78.7 cm³/mol. The van der Waals surface area contributed by atoms with Crippen LogP contribution < -0.4 is 0 Å². The van der Waals surface area contributed by atoms with E-state index in [9.17, 15) is 23.5 Å². The Hall–Kier alpha value is -1.98. The van der Waals surface area contributed by atoms with Crippen molar-refractivity contribution in [3.05, 3.63) is 35.4 Å². The molecule has 1 aromatic rings. The van der Waals surface area contributed by atoms with Crippen LogP contribution >= 0.6 is 0 Å². The third-order valence-electron chi connectivity index (χ3n) is 5.08. The van der Waals surface area contributed by atoms with Gasteiger partial charge in [-0.2, -0.15) is 0 Å². The summed E-state index contributed by atoms with van der Waals surface area (Å²) in [6, 6.07) is 3.64. The zero-order valence-electron chi connectivity index (χ0n) is 12.8. The Bertz CT molecular complexity index is 649. The average Bonchev–Trinajstić information content (AvgIpc) is 3.29. The fourth-order valence-corrected chi connectivity index (χ4v) is 3.62. The maximum absolute atomic E-state index is 13.8. The third kappa shape index (κ3) is 2.82. The zero-order valence-corrected chi connectivity index (χ0v) is 12.8. The van der Waals surface area contributed by atoms with Crippen LogP contribution in [0, 0.1) is 23.5 Å². The van der Waals surface area contributed by atoms with Crippen molar-refractivity contribution in [2.24, 2.45) is 11.8 Å². The van der Waals surface area contributed by atoms with Gasteiger partial charge in [0.15, 0.2) is 11.6 Å². The van der Waals surface area contributed by atoms with E-state index >= 15 is 0 Å². The van der Waals surface area contributed by atoms with E-state index in [1.54, 1.807) is 11.8 Å². The van der Waals surface area contributed by atoms with E-state index in [2.05, 4.69) is 0 Å². The Kier molecular flexibility index (Phi) is 4.08. The smallest absolute Gasteiger partial charge is 0.308 e. The van der Waals surface area contributed by atoms with Gasteiger partial charge in [0.1, 0.15) is 0 Å². The van der Waals surface area contributed by atoms with Crippen LogP contribution in [-0.4, -0.2) is 34.5 Å². The summed E-state index contributed by atoms with van der Waals surface area (Å²) >= 11 is 0. The van der Waals surface area contributed by atoms with Crippen molar-refractivity contribution < 1.29 is 23.5 Å². The molecule has 2 fully saturated rings. The molecule has 1 heterocycles. The molecule has 0 aromatic heterocycles. The first-order valence-corrected chi connectivity index (χ1v) is 7.89. The van der Waals surface area contributed by atoms with E-state index in [4.69, 9.17) is 0 Å². The number of aliphatic carboxylic acids is 1. The van der Waals surface area contributed by atoms with Crippen LogP contribution in [0.15, 0.2) is 18.2 Å². The number of rotatable bonds is 3. The Morgan fingerprint density at radius 3 is 2.70 bits per heavy atom. The van der Waals surface area contributed by atoms with Gasteiger partial charge in [0.25, 0.3) is 0 Å². The van der Waals surface area contributed by atoms with Crippen LogP contribution in [-0.2, 0) is 9.59 Å². The molecule has 1 saturated carbocycles. The molecule has 1 aliphatic heterocycles. The van der Waals surface area contributed by atoms with Gasteiger partial charge < -0.3 is 10.0 Å². The fourth-order valence-electron chi connectivity index (χ4n) is 3.62. The van der Waals surface area contributed by atoms with Crippen molar-refractivity contribution in [1.82, 2.24) is 4.90 Å². The molecule has 6 heteroatoms. The number of carboxylic acids is 1. The minimum absolute atomic E-state index is 0.142. The molecule has 124 valence electrons. The summed E-state index contributed by atoms with van der Waals surface area (Å²) in [7, 11) is 0. The van der Waals surface area contributed by atoms with Crippen LogP contribution in [0.1, 0.15) is 37.7 Å². The Labute approximate surface area is 133 Å². The quantitative estimate of drug-likeness (QED) is 0.930. The molecule has 1 saturated heterocycles. The van der Waals surface area contributed by atoms with Gasteiger partial charge in [-0.25, -0.2) is 8.78 Å². The molecule has 2 unspecified atom stereocenters. The Morgan fingerprint density at radius 2 is 2.00 bits per heavy atom. The normalized spacial score (nSPS) is 30.1. The lowest BCUT2D eigenvalue weighted by Crippen LogP contribution is -2.49. The van der Waals surface area contributed by atoms with E-state index in [1.165, 1.54) is 12.1 Å². The van der Waals surface area contributed by atoms with Crippen molar-refractivity contribution in [1.29, 1.82) is 0 Å². The largest absolute Gasteiger partial charge is 0.481 e. The van der Waals surface area contributed by atoms with Crippen LogP contribution in [0.3, 0.4) is 0 Å². The highest BCUT2D eigenvalue weighted by Gasteiger charge is 2.49. The van der Waals surface area contributed by atoms with Crippen LogP contribution in [0.25, 0.3) is 0 Å². The summed E-state index contributed by atoms with van der Waals surface area (Å²) in [6.07, 6.45) is 1.70. The number of benzene rings is 1. The highest BCUT2D eigenvalue weighted by molar-refractivity contribution is 5.84. The van der Waals surface area contributed by atoms with Gasteiger partial charge in [0.2, 0.25) is 5.91 Å². The molecule has 23 heavy (non-hydrogen) atoms. The number of amides is 1. The van der Waals surface area contributed by atoms with Crippen molar-refractivity contribution in [3.63, 3.8) is 0 Å². The second-order valence-corrected chi connectivity index (χ2v) is 6.45. The zero-order chi connectivity index (χ0) is 16.7. The molecule has 0 spiro atoms. The van der Waals surface area contributed by atoms with Gasteiger partial charge in [0.05, 0.1) is 5.92 Å². The summed E-state index contributed by atoms with van der Waals surface area (Å²) in [5.74, 6) is -4.07. The number of hydrogen-bond donors (Lipinski definition) is 1. The highest BCUT2D eigenvalue weighted by atomic mass is 19.2. The number of halogens is 2. The number of carboxylic acid groups (broad SMARTS) is 1. The SMILES string of the molecule is C[C@@H]1[C@H](C(=O)O)CCCN1C(=O)C1CC1c1cccc(F)c1F. The van der Waals surface area contributed by atoms with Crippen molar-refractivity contribution in [2.75, 3.05) is 6.54 Å². The van der Waals surface area contributed by atoms with Crippen molar-refractivity contribution >= 4 is 11.9 Å². The third-order valence-corrected chi connectivity index (χ3v) is 5.08. The standard InChI is InChI=1S/C17H19F2NO3/c1-9-10(17(22)23)5-3-7-20(9)16(21)13-8-12(13)11-4-2-6-14(18)15(11)19/h2,4,6,9-10,12-13H,3,5,7-8H2,1H3,(H,22,23)/t9-,10-,12?,13?/m1/s1. The number of likely N-dealkylation sites (tertiary alicyclic amines) is 1.